The Morgan fingerprint density at radius 3 is 2.59 bits per heavy atom. The Kier molecular flexibility index (Phi) is 4.96. The molecule has 0 aromatic carbocycles. The van der Waals surface area contributed by atoms with Gasteiger partial charge in [0.05, 0.1) is 17.9 Å². The highest BCUT2D eigenvalue weighted by molar-refractivity contribution is 5.91. The van der Waals surface area contributed by atoms with Crippen molar-refractivity contribution in [1.82, 2.24) is 15.0 Å². The fourth-order valence-corrected chi connectivity index (χ4v) is 2.44. The summed E-state index contributed by atoms with van der Waals surface area (Å²) in [4.78, 5) is 18.4. The number of hydrogen-bond acceptors (Lipinski definition) is 4. The zero-order valence-corrected chi connectivity index (χ0v) is 13.9. The van der Waals surface area contributed by atoms with E-state index in [4.69, 9.17) is 4.52 Å². The minimum atomic E-state index is -0.177. The van der Waals surface area contributed by atoms with E-state index in [1.807, 2.05) is 26.0 Å². The summed E-state index contributed by atoms with van der Waals surface area (Å²) >= 11 is 0. The number of carbonyl (C=O) groups excluding carboxylic acids is 1. The average Bonchev–Trinajstić information content (AvgIpc) is 2.84. The van der Waals surface area contributed by atoms with Gasteiger partial charge in [-0.1, -0.05) is 19.0 Å². The maximum atomic E-state index is 12.4. The van der Waals surface area contributed by atoms with Crippen molar-refractivity contribution in [3.8, 4) is 0 Å². The van der Waals surface area contributed by atoms with Crippen molar-refractivity contribution in [2.24, 2.45) is 5.92 Å². The molecular weight excluding hydrogens is 278 g/mol. The van der Waals surface area contributed by atoms with Gasteiger partial charge in [0.15, 0.2) is 0 Å². The molecule has 0 aliphatic rings. The number of pyridine rings is 1. The summed E-state index contributed by atoms with van der Waals surface area (Å²) in [5, 5.41) is 3.96. The van der Waals surface area contributed by atoms with Crippen molar-refractivity contribution in [3.05, 3.63) is 46.6 Å². The first-order valence-corrected chi connectivity index (χ1v) is 7.50. The summed E-state index contributed by atoms with van der Waals surface area (Å²) in [6.07, 6.45) is 0.805. The van der Waals surface area contributed by atoms with Crippen LogP contribution in [0.5, 0.6) is 0 Å². The van der Waals surface area contributed by atoms with E-state index in [2.05, 4.69) is 24.0 Å². The van der Waals surface area contributed by atoms with Crippen molar-refractivity contribution in [1.29, 1.82) is 0 Å². The molecule has 2 aromatic heterocycles. The maximum absolute atomic E-state index is 12.4. The molecule has 0 bridgehead atoms. The van der Waals surface area contributed by atoms with Crippen LogP contribution in [0.2, 0.25) is 0 Å². The predicted molar refractivity (Wildman–Crippen MR) is 84.6 cm³/mol. The third-order valence-corrected chi connectivity index (χ3v) is 3.28. The van der Waals surface area contributed by atoms with Crippen molar-refractivity contribution in [2.75, 3.05) is 7.05 Å². The van der Waals surface area contributed by atoms with Crippen LogP contribution in [0.3, 0.4) is 0 Å². The zero-order chi connectivity index (χ0) is 16.3. The van der Waals surface area contributed by atoms with Gasteiger partial charge in [-0.15, -0.1) is 0 Å². The van der Waals surface area contributed by atoms with E-state index in [-0.39, 0.29) is 11.7 Å². The number of aryl methyl sites for hydroxylation is 2. The molecule has 0 atom stereocenters. The fraction of sp³-hybridized carbons (Fsp3) is 0.471. The molecule has 0 saturated carbocycles. The molecule has 0 spiro atoms. The van der Waals surface area contributed by atoms with E-state index in [1.54, 1.807) is 18.0 Å². The quantitative estimate of drug-likeness (QED) is 0.851. The van der Waals surface area contributed by atoms with Crippen LogP contribution in [0.4, 0.5) is 0 Å². The smallest absolute Gasteiger partial charge is 0.292 e. The zero-order valence-electron chi connectivity index (χ0n) is 13.9. The van der Waals surface area contributed by atoms with Crippen LogP contribution < -0.4 is 0 Å². The van der Waals surface area contributed by atoms with Gasteiger partial charge in [0.1, 0.15) is 0 Å². The lowest BCUT2D eigenvalue weighted by atomic mass is 10.1. The van der Waals surface area contributed by atoms with Crippen molar-refractivity contribution >= 4 is 5.91 Å². The average molecular weight is 301 g/mol. The molecule has 0 saturated heterocycles. The monoisotopic (exact) mass is 301 g/mol. The molecule has 0 aliphatic carbocycles. The van der Waals surface area contributed by atoms with Crippen LogP contribution in [0.15, 0.2) is 22.7 Å². The summed E-state index contributed by atoms with van der Waals surface area (Å²) in [6, 6.07) is 5.73. The number of nitrogens with zero attached hydrogens (tertiary/aromatic N) is 3. The highest BCUT2D eigenvalue weighted by Gasteiger charge is 2.18. The number of rotatable bonds is 5. The molecule has 2 heterocycles. The van der Waals surface area contributed by atoms with E-state index in [0.717, 1.165) is 29.1 Å². The molecule has 118 valence electrons. The first-order valence-electron chi connectivity index (χ1n) is 7.50. The molecule has 0 aliphatic heterocycles. The van der Waals surface area contributed by atoms with Crippen LogP contribution in [0.1, 0.15) is 47.0 Å². The van der Waals surface area contributed by atoms with Gasteiger partial charge in [-0.2, -0.15) is 0 Å². The molecule has 0 fully saturated rings. The lowest BCUT2D eigenvalue weighted by Gasteiger charge is -2.15. The molecule has 2 aromatic rings. The Labute approximate surface area is 131 Å². The Balaban J connectivity index is 2.06. The van der Waals surface area contributed by atoms with Crippen LogP contribution in [0.25, 0.3) is 0 Å². The summed E-state index contributed by atoms with van der Waals surface area (Å²) in [5.41, 5.74) is 3.78. The van der Waals surface area contributed by atoms with Crippen LogP contribution >= 0.6 is 0 Å². The molecular formula is C17H23N3O2. The highest BCUT2D eigenvalue weighted by Crippen LogP contribution is 2.13. The Morgan fingerprint density at radius 1 is 1.23 bits per heavy atom. The molecule has 5 heteroatoms. The Morgan fingerprint density at radius 2 is 1.95 bits per heavy atom. The molecule has 5 nitrogen and oxygen atoms in total. The van der Waals surface area contributed by atoms with Crippen molar-refractivity contribution in [2.45, 2.75) is 40.7 Å². The normalized spacial score (nSPS) is 11.0. The molecule has 1 amide bonds. The van der Waals surface area contributed by atoms with Gasteiger partial charge in [0, 0.05) is 18.8 Å². The van der Waals surface area contributed by atoms with Crippen LogP contribution in [-0.2, 0) is 13.0 Å². The SMILES string of the molecule is Cc1cc(C)nc(CN(C)C(=O)c2cc(CC(C)C)no2)c1. The minimum absolute atomic E-state index is 0.177. The molecule has 2 rings (SSSR count). The third-order valence-electron chi connectivity index (χ3n) is 3.28. The number of hydrogen-bond donors (Lipinski definition) is 0. The van der Waals surface area contributed by atoms with Crippen molar-refractivity contribution in [3.63, 3.8) is 0 Å². The highest BCUT2D eigenvalue weighted by atomic mass is 16.5. The number of aromatic nitrogens is 2. The summed E-state index contributed by atoms with van der Waals surface area (Å²) in [6.45, 7) is 8.63. The van der Waals surface area contributed by atoms with E-state index in [1.165, 1.54) is 0 Å². The van der Waals surface area contributed by atoms with Gasteiger partial charge >= 0.3 is 0 Å². The Hall–Kier alpha value is -2.17. The topological polar surface area (TPSA) is 59.2 Å². The maximum Gasteiger partial charge on any atom is 0.292 e. The predicted octanol–water partition coefficient (Wildman–Crippen LogP) is 3.16. The van der Waals surface area contributed by atoms with Crippen LogP contribution in [-0.4, -0.2) is 28.0 Å². The standard InChI is InChI=1S/C17H23N3O2/c1-11(2)6-14-9-16(22-19-14)17(21)20(5)10-15-8-12(3)7-13(4)18-15/h7-9,11H,6,10H2,1-5H3. The third kappa shape index (κ3) is 4.16. The first kappa shape index (κ1) is 16.2. The molecule has 0 radical (unpaired) electrons. The largest absolute Gasteiger partial charge is 0.351 e. The fourth-order valence-electron chi connectivity index (χ4n) is 2.44. The van der Waals surface area contributed by atoms with Crippen LogP contribution in [0, 0.1) is 19.8 Å². The minimum Gasteiger partial charge on any atom is -0.351 e. The van der Waals surface area contributed by atoms with Gasteiger partial charge in [0.2, 0.25) is 5.76 Å². The molecule has 0 unspecified atom stereocenters. The van der Waals surface area contributed by atoms with Gasteiger partial charge in [-0.25, -0.2) is 0 Å². The molecule has 22 heavy (non-hydrogen) atoms. The van der Waals surface area contributed by atoms with Gasteiger partial charge in [-0.05, 0) is 43.9 Å². The van der Waals surface area contributed by atoms with E-state index < -0.39 is 0 Å². The number of carbonyl (C=O) groups is 1. The van der Waals surface area contributed by atoms with E-state index >= 15 is 0 Å². The first-order chi connectivity index (χ1) is 10.3. The van der Waals surface area contributed by atoms with E-state index in [9.17, 15) is 4.79 Å². The summed E-state index contributed by atoms with van der Waals surface area (Å²) in [7, 11) is 1.74. The second kappa shape index (κ2) is 6.73. The summed E-state index contributed by atoms with van der Waals surface area (Å²) < 4.78 is 5.17. The second-order valence-electron chi connectivity index (χ2n) is 6.22. The molecule has 0 N–H and O–H groups in total. The van der Waals surface area contributed by atoms with E-state index in [0.29, 0.717) is 12.5 Å². The van der Waals surface area contributed by atoms with Gasteiger partial charge in [-0.3, -0.25) is 9.78 Å². The van der Waals surface area contributed by atoms with Gasteiger partial charge < -0.3 is 9.42 Å². The second-order valence-corrected chi connectivity index (χ2v) is 6.22. The number of amides is 1. The van der Waals surface area contributed by atoms with Crippen molar-refractivity contribution < 1.29 is 9.32 Å². The lowest BCUT2D eigenvalue weighted by Crippen LogP contribution is -2.26. The lowest BCUT2D eigenvalue weighted by molar-refractivity contribution is 0.0741. The van der Waals surface area contributed by atoms with Gasteiger partial charge in [0.25, 0.3) is 5.91 Å². The summed E-state index contributed by atoms with van der Waals surface area (Å²) in [5.74, 6) is 0.580. The Bertz CT molecular complexity index is 641.